The molecule has 26 heavy (non-hydrogen) atoms. The molecule has 0 radical (unpaired) electrons. The second-order valence-electron chi connectivity index (χ2n) is 5.92. The van der Waals surface area contributed by atoms with E-state index >= 15 is 0 Å². The van der Waals surface area contributed by atoms with Crippen LogP contribution in [-0.4, -0.2) is 23.5 Å². The third-order valence-corrected chi connectivity index (χ3v) is 4.51. The number of thiophene rings is 1. The maximum Gasteiger partial charge on any atom is 0.279 e. The number of hydrogen-bond donors (Lipinski definition) is 3. The lowest BCUT2D eigenvalue weighted by Gasteiger charge is -2.15. The van der Waals surface area contributed by atoms with Crippen molar-refractivity contribution in [3.8, 4) is 5.75 Å². The van der Waals surface area contributed by atoms with Gasteiger partial charge in [-0.25, -0.2) is 0 Å². The molecule has 0 aliphatic carbocycles. The summed E-state index contributed by atoms with van der Waals surface area (Å²) in [5.41, 5.74) is 7.00. The van der Waals surface area contributed by atoms with Crippen molar-refractivity contribution < 1.29 is 14.3 Å². The van der Waals surface area contributed by atoms with E-state index in [0.717, 1.165) is 11.1 Å². The van der Waals surface area contributed by atoms with E-state index in [2.05, 4.69) is 30.0 Å². The van der Waals surface area contributed by atoms with Gasteiger partial charge in [-0.15, -0.1) is 11.3 Å². The first kappa shape index (κ1) is 19.9. The maximum absolute atomic E-state index is 12.0. The van der Waals surface area contributed by atoms with Crippen molar-refractivity contribution in [1.29, 1.82) is 0 Å². The van der Waals surface area contributed by atoms with Crippen LogP contribution in [0, 0.1) is 6.92 Å². The average Bonchev–Trinajstić information content (AvgIpc) is 3.12. The van der Waals surface area contributed by atoms with Crippen molar-refractivity contribution >= 4 is 40.5 Å². The van der Waals surface area contributed by atoms with Gasteiger partial charge < -0.3 is 4.74 Å². The molecule has 3 N–H and O–H groups in total. The van der Waals surface area contributed by atoms with Crippen molar-refractivity contribution in [2.75, 3.05) is 6.61 Å². The molecule has 1 aromatic heterocycles. The standard InChI is InChI=1S/C18H21N3O3S2/c1-11(2)13-7-6-12(3)9-14(13)24-10-16(22)19-18(25)21-20-17(23)15-5-4-8-26-15/h4-9,11H,10H2,1-3H3,(H,20,23)(H2,19,21,22,25). The monoisotopic (exact) mass is 391 g/mol. The lowest BCUT2D eigenvalue weighted by Crippen LogP contribution is -2.49. The number of ether oxygens (including phenoxy) is 1. The van der Waals surface area contributed by atoms with Crippen molar-refractivity contribution in [3.63, 3.8) is 0 Å². The highest BCUT2D eigenvalue weighted by Crippen LogP contribution is 2.27. The van der Waals surface area contributed by atoms with Gasteiger partial charge in [0.25, 0.3) is 11.8 Å². The molecule has 6 nitrogen and oxygen atoms in total. The summed E-state index contributed by atoms with van der Waals surface area (Å²) >= 11 is 6.29. The maximum atomic E-state index is 12.0. The number of rotatable bonds is 5. The van der Waals surface area contributed by atoms with Crippen LogP contribution in [0.25, 0.3) is 0 Å². The first-order valence-electron chi connectivity index (χ1n) is 8.04. The zero-order valence-corrected chi connectivity index (χ0v) is 16.4. The number of nitrogens with one attached hydrogen (secondary N) is 3. The van der Waals surface area contributed by atoms with E-state index in [1.807, 2.05) is 25.1 Å². The Morgan fingerprint density at radius 1 is 1.23 bits per heavy atom. The molecule has 0 bridgehead atoms. The van der Waals surface area contributed by atoms with Crippen LogP contribution in [0.15, 0.2) is 35.7 Å². The molecule has 2 aromatic rings. The highest BCUT2D eigenvalue weighted by Gasteiger charge is 2.12. The van der Waals surface area contributed by atoms with Crippen molar-refractivity contribution in [3.05, 3.63) is 51.7 Å². The Morgan fingerprint density at radius 3 is 2.65 bits per heavy atom. The molecule has 1 aromatic carbocycles. The Labute approximate surface area is 161 Å². The Kier molecular flexibility index (Phi) is 7.11. The van der Waals surface area contributed by atoms with E-state index in [4.69, 9.17) is 17.0 Å². The fourth-order valence-electron chi connectivity index (χ4n) is 2.16. The van der Waals surface area contributed by atoms with E-state index in [-0.39, 0.29) is 23.5 Å². The number of hydrazine groups is 1. The molecule has 0 fully saturated rings. The Hall–Kier alpha value is -2.45. The summed E-state index contributed by atoms with van der Waals surface area (Å²) in [6, 6.07) is 9.37. The van der Waals surface area contributed by atoms with Gasteiger partial charge >= 0.3 is 0 Å². The molecular weight excluding hydrogens is 370 g/mol. The number of thiocarbonyl (C=S) groups is 1. The molecule has 8 heteroatoms. The largest absolute Gasteiger partial charge is 0.483 e. The number of hydrogen-bond acceptors (Lipinski definition) is 5. The Morgan fingerprint density at radius 2 is 2.00 bits per heavy atom. The molecule has 0 unspecified atom stereocenters. The van der Waals surface area contributed by atoms with E-state index in [1.54, 1.807) is 17.5 Å². The average molecular weight is 392 g/mol. The molecule has 2 amide bonds. The number of amides is 2. The summed E-state index contributed by atoms with van der Waals surface area (Å²) in [5.74, 6) is 0.224. The van der Waals surface area contributed by atoms with Crippen LogP contribution in [0.1, 0.15) is 40.6 Å². The third-order valence-electron chi connectivity index (χ3n) is 3.44. The molecule has 0 aliphatic rings. The molecular formula is C18H21N3O3S2. The SMILES string of the molecule is Cc1ccc(C(C)C)c(OCC(=O)NC(=S)NNC(=O)c2cccs2)c1. The highest BCUT2D eigenvalue weighted by atomic mass is 32.1. The minimum Gasteiger partial charge on any atom is -0.483 e. The van der Waals surface area contributed by atoms with E-state index in [1.165, 1.54) is 11.3 Å². The molecule has 0 saturated carbocycles. The lowest BCUT2D eigenvalue weighted by molar-refractivity contribution is -0.121. The second-order valence-corrected chi connectivity index (χ2v) is 7.27. The van der Waals surface area contributed by atoms with E-state index in [9.17, 15) is 9.59 Å². The minimum absolute atomic E-state index is 0.00293. The summed E-state index contributed by atoms with van der Waals surface area (Å²) < 4.78 is 5.64. The summed E-state index contributed by atoms with van der Waals surface area (Å²) in [6.07, 6.45) is 0. The molecule has 0 spiro atoms. The summed E-state index contributed by atoms with van der Waals surface area (Å²) in [4.78, 5) is 24.3. The van der Waals surface area contributed by atoms with Crippen LogP contribution < -0.4 is 20.9 Å². The van der Waals surface area contributed by atoms with Gasteiger partial charge in [-0.3, -0.25) is 25.8 Å². The van der Waals surface area contributed by atoms with Gasteiger partial charge in [-0.2, -0.15) is 0 Å². The van der Waals surface area contributed by atoms with E-state index < -0.39 is 5.91 Å². The van der Waals surface area contributed by atoms with Crippen LogP contribution in [0.5, 0.6) is 5.75 Å². The predicted octanol–water partition coefficient (Wildman–Crippen LogP) is 2.89. The van der Waals surface area contributed by atoms with Crippen LogP contribution in [0.3, 0.4) is 0 Å². The predicted molar refractivity (Wildman–Crippen MR) is 106 cm³/mol. The minimum atomic E-state index is -0.413. The first-order chi connectivity index (χ1) is 12.4. The number of carbonyl (C=O) groups is 2. The fourth-order valence-corrected chi connectivity index (χ4v) is 2.95. The molecule has 0 saturated heterocycles. The van der Waals surface area contributed by atoms with Crippen LogP contribution in [-0.2, 0) is 4.79 Å². The quantitative estimate of drug-likeness (QED) is 0.540. The van der Waals surface area contributed by atoms with Crippen LogP contribution >= 0.6 is 23.6 Å². The van der Waals surface area contributed by atoms with Crippen LogP contribution in [0.4, 0.5) is 0 Å². The van der Waals surface area contributed by atoms with Gasteiger partial charge in [0, 0.05) is 0 Å². The molecule has 0 atom stereocenters. The van der Waals surface area contributed by atoms with Gasteiger partial charge in [0.1, 0.15) is 5.75 Å². The van der Waals surface area contributed by atoms with Crippen LogP contribution in [0.2, 0.25) is 0 Å². The third kappa shape index (κ3) is 5.82. The highest BCUT2D eigenvalue weighted by molar-refractivity contribution is 7.80. The number of benzene rings is 1. The topological polar surface area (TPSA) is 79.5 Å². The zero-order chi connectivity index (χ0) is 19.1. The van der Waals surface area contributed by atoms with Gasteiger partial charge in [0.15, 0.2) is 11.7 Å². The first-order valence-corrected chi connectivity index (χ1v) is 9.32. The molecule has 2 rings (SSSR count). The van der Waals surface area contributed by atoms with Crippen molar-refractivity contribution in [2.45, 2.75) is 26.7 Å². The van der Waals surface area contributed by atoms with Gasteiger partial charge in [0.05, 0.1) is 4.88 Å². The Bertz CT molecular complexity index is 789. The van der Waals surface area contributed by atoms with E-state index in [0.29, 0.717) is 10.6 Å². The Balaban J connectivity index is 1.81. The smallest absolute Gasteiger partial charge is 0.279 e. The summed E-state index contributed by atoms with van der Waals surface area (Å²) in [7, 11) is 0. The van der Waals surface area contributed by atoms with Crippen molar-refractivity contribution in [2.24, 2.45) is 0 Å². The van der Waals surface area contributed by atoms with Gasteiger partial charge in [0.2, 0.25) is 0 Å². The lowest BCUT2D eigenvalue weighted by atomic mass is 10.0. The van der Waals surface area contributed by atoms with Crippen molar-refractivity contribution in [1.82, 2.24) is 16.2 Å². The second kappa shape index (κ2) is 9.30. The fraction of sp³-hybridized carbons (Fsp3) is 0.278. The number of carbonyl (C=O) groups excluding carboxylic acids is 2. The molecule has 0 aliphatic heterocycles. The summed E-state index contributed by atoms with van der Waals surface area (Å²) in [5, 5.41) is 4.25. The summed E-state index contributed by atoms with van der Waals surface area (Å²) in [6.45, 7) is 5.91. The number of aryl methyl sites for hydroxylation is 1. The molecule has 138 valence electrons. The molecule has 1 heterocycles. The zero-order valence-electron chi connectivity index (χ0n) is 14.8. The van der Waals surface area contributed by atoms with Gasteiger partial charge in [-0.05, 0) is 53.7 Å². The van der Waals surface area contributed by atoms with Gasteiger partial charge in [-0.1, -0.05) is 32.0 Å². The normalized spacial score (nSPS) is 10.3.